The molecule has 0 radical (unpaired) electrons. The predicted molar refractivity (Wildman–Crippen MR) is 100.0 cm³/mol. The van der Waals surface area contributed by atoms with Crippen LogP contribution in [0.4, 0.5) is 10.1 Å². The van der Waals surface area contributed by atoms with Crippen LogP contribution in [0.2, 0.25) is 0 Å². The van der Waals surface area contributed by atoms with Crippen molar-refractivity contribution in [1.82, 2.24) is 9.88 Å². The Kier molecular flexibility index (Phi) is 5.68. The van der Waals surface area contributed by atoms with Crippen LogP contribution in [0.5, 0.6) is 0 Å². The molecule has 0 atom stereocenters. The molecule has 0 aliphatic carbocycles. The lowest BCUT2D eigenvalue weighted by molar-refractivity contribution is 0.0771. The van der Waals surface area contributed by atoms with Crippen LogP contribution in [0.25, 0.3) is 0 Å². The Morgan fingerprint density at radius 1 is 1.20 bits per heavy atom. The Bertz CT molecular complexity index is 729. The van der Waals surface area contributed by atoms with E-state index in [1.807, 2.05) is 11.8 Å². The first kappa shape index (κ1) is 17.9. The number of aromatic nitrogens is 1. The van der Waals surface area contributed by atoms with Gasteiger partial charge in [0.05, 0.1) is 10.7 Å². The fourth-order valence-corrected chi connectivity index (χ4v) is 4.28. The zero-order valence-corrected chi connectivity index (χ0v) is 15.6. The summed E-state index contributed by atoms with van der Waals surface area (Å²) >= 11 is 1.53. The van der Waals surface area contributed by atoms with E-state index in [2.05, 4.69) is 16.8 Å². The number of benzene rings is 1. The van der Waals surface area contributed by atoms with Crippen LogP contribution in [-0.4, -0.2) is 42.0 Å². The number of halogens is 1. The summed E-state index contributed by atoms with van der Waals surface area (Å²) in [6, 6.07) is 6.58. The highest BCUT2D eigenvalue weighted by Crippen LogP contribution is 2.23. The van der Waals surface area contributed by atoms with E-state index in [1.165, 1.54) is 23.5 Å². The molecule has 0 N–H and O–H groups in total. The molecule has 0 spiro atoms. The van der Waals surface area contributed by atoms with Gasteiger partial charge in [-0.25, -0.2) is 9.37 Å². The van der Waals surface area contributed by atoms with Crippen LogP contribution in [0.15, 0.2) is 24.3 Å². The number of hydrogen-bond donors (Lipinski definition) is 0. The van der Waals surface area contributed by atoms with Crippen molar-refractivity contribution in [2.24, 2.45) is 0 Å². The summed E-state index contributed by atoms with van der Waals surface area (Å²) < 4.78 is 13.1. The first-order chi connectivity index (χ1) is 12.1. The van der Waals surface area contributed by atoms with Crippen molar-refractivity contribution >= 4 is 22.9 Å². The van der Waals surface area contributed by atoms with Gasteiger partial charge in [0.25, 0.3) is 5.91 Å². The molecule has 25 heavy (non-hydrogen) atoms. The third-order valence-electron chi connectivity index (χ3n) is 4.47. The third-order valence-corrected chi connectivity index (χ3v) is 5.68. The molecule has 6 heteroatoms. The van der Waals surface area contributed by atoms with Crippen LogP contribution in [0.1, 0.15) is 40.1 Å². The number of hydrogen-bond acceptors (Lipinski definition) is 4. The van der Waals surface area contributed by atoms with Gasteiger partial charge in [0.1, 0.15) is 10.7 Å². The summed E-state index contributed by atoms with van der Waals surface area (Å²) in [6.45, 7) is 7.10. The smallest absolute Gasteiger partial charge is 0.265 e. The van der Waals surface area contributed by atoms with Crippen molar-refractivity contribution in [1.29, 1.82) is 0 Å². The normalized spacial score (nSPS) is 15.3. The number of thiazole rings is 1. The summed E-state index contributed by atoms with van der Waals surface area (Å²) in [6.07, 6.45) is 2.87. The molecule has 1 aliphatic heterocycles. The summed E-state index contributed by atoms with van der Waals surface area (Å²) in [5.41, 5.74) is 1.85. The first-order valence-electron chi connectivity index (χ1n) is 8.84. The molecule has 4 nitrogen and oxygen atoms in total. The molecule has 0 unspecified atom stereocenters. The van der Waals surface area contributed by atoms with Gasteiger partial charge in [-0.05, 0) is 50.5 Å². The van der Waals surface area contributed by atoms with Gasteiger partial charge in [-0.2, -0.15) is 0 Å². The van der Waals surface area contributed by atoms with Crippen molar-refractivity contribution in [2.75, 3.05) is 31.1 Å². The van der Waals surface area contributed by atoms with Crippen LogP contribution >= 0.6 is 11.3 Å². The molecule has 1 aromatic heterocycles. The quantitative estimate of drug-likeness (QED) is 0.829. The summed E-state index contributed by atoms with van der Waals surface area (Å²) in [5, 5.41) is 1.05. The number of nitrogens with zero attached hydrogens (tertiary/aromatic N) is 3. The topological polar surface area (TPSA) is 36.4 Å². The van der Waals surface area contributed by atoms with Gasteiger partial charge in [0.2, 0.25) is 0 Å². The van der Waals surface area contributed by atoms with Gasteiger partial charge < -0.3 is 9.80 Å². The molecule has 3 rings (SSSR count). The van der Waals surface area contributed by atoms with Gasteiger partial charge in [-0.15, -0.1) is 11.3 Å². The fraction of sp³-hybridized carbons (Fsp3) is 0.474. The zero-order chi connectivity index (χ0) is 17.8. The highest BCUT2D eigenvalue weighted by atomic mass is 32.1. The van der Waals surface area contributed by atoms with Crippen LogP contribution in [-0.2, 0) is 6.42 Å². The molecule has 0 saturated carbocycles. The predicted octanol–water partition coefficient (Wildman–Crippen LogP) is 3.90. The van der Waals surface area contributed by atoms with E-state index in [9.17, 15) is 9.18 Å². The van der Waals surface area contributed by atoms with Gasteiger partial charge >= 0.3 is 0 Å². The van der Waals surface area contributed by atoms with Crippen molar-refractivity contribution < 1.29 is 9.18 Å². The lowest BCUT2D eigenvalue weighted by Gasteiger charge is -2.23. The van der Waals surface area contributed by atoms with Crippen LogP contribution < -0.4 is 4.90 Å². The summed E-state index contributed by atoms with van der Waals surface area (Å²) in [5.74, 6) is -0.128. The van der Waals surface area contributed by atoms with Gasteiger partial charge in [0, 0.05) is 31.9 Å². The molecule has 1 amide bonds. The Hall–Kier alpha value is -1.95. The molecule has 1 saturated heterocycles. The monoisotopic (exact) mass is 361 g/mol. The lowest BCUT2D eigenvalue weighted by Crippen LogP contribution is -2.35. The largest absolute Gasteiger partial charge is 0.370 e. The third kappa shape index (κ3) is 4.18. The number of aryl methyl sites for hydroxylation is 2. The SMILES string of the molecule is CCCc1nc(C)c(C(=O)N2CCCN(c3ccc(F)cc3)CC2)s1. The van der Waals surface area contributed by atoms with Crippen LogP contribution in [0, 0.1) is 12.7 Å². The molecule has 1 aromatic carbocycles. The molecule has 1 fully saturated rings. The standard InChI is InChI=1S/C19H24FN3OS/c1-3-5-17-21-14(2)18(25-17)19(24)23-11-4-10-22(12-13-23)16-8-6-15(20)7-9-16/h6-9H,3-5,10-13H2,1-2H3. The maximum absolute atomic E-state index is 13.1. The maximum atomic E-state index is 13.1. The summed E-state index contributed by atoms with van der Waals surface area (Å²) in [7, 11) is 0. The fourth-order valence-electron chi connectivity index (χ4n) is 3.15. The van der Waals surface area contributed by atoms with Crippen molar-refractivity contribution in [3.63, 3.8) is 0 Å². The number of rotatable bonds is 4. The zero-order valence-electron chi connectivity index (χ0n) is 14.8. The Morgan fingerprint density at radius 2 is 1.96 bits per heavy atom. The Morgan fingerprint density at radius 3 is 2.68 bits per heavy atom. The molecular formula is C19H24FN3OS. The van der Waals surface area contributed by atoms with Crippen molar-refractivity contribution in [3.8, 4) is 0 Å². The van der Waals surface area contributed by atoms with E-state index in [1.54, 1.807) is 12.1 Å². The first-order valence-corrected chi connectivity index (χ1v) is 9.66. The second kappa shape index (κ2) is 7.95. The molecule has 134 valence electrons. The number of carbonyl (C=O) groups excluding carboxylic acids is 1. The van der Waals surface area contributed by atoms with Gasteiger partial charge in [-0.1, -0.05) is 6.92 Å². The van der Waals surface area contributed by atoms with E-state index in [0.717, 1.165) is 60.2 Å². The number of carbonyl (C=O) groups is 1. The van der Waals surface area contributed by atoms with Gasteiger partial charge in [-0.3, -0.25) is 4.79 Å². The van der Waals surface area contributed by atoms with Crippen LogP contribution in [0.3, 0.4) is 0 Å². The maximum Gasteiger partial charge on any atom is 0.265 e. The number of anilines is 1. The molecule has 2 heterocycles. The Labute approximate surface area is 152 Å². The molecular weight excluding hydrogens is 337 g/mol. The highest BCUT2D eigenvalue weighted by Gasteiger charge is 2.24. The van der Waals surface area contributed by atoms with E-state index < -0.39 is 0 Å². The minimum Gasteiger partial charge on any atom is -0.370 e. The Balaban J connectivity index is 1.68. The second-order valence-electron chi connectivity index (χ2n) is 6.38. The number of amides is 1. The summed E-state index contributed by atoms with van der Waals surface area (Å²) in [4.78, 5) is 22.4. The van der Waals surface area contributed by atoms with E-state index in [-0.39, 0.29) is 11.7 Å². The molecule has 1 aliphatic rings. The van der Waals surface area contributed by atoms with E-state index in [0.29, 0.717) is 6.54 Å². The van der Waals surface area contributed by atoms with E-state index in [4.69, 9.17) is 0 Å². The highest BCUT2D eigenvalue weighted by molar-refractivity contribution is 7.13. The minimum absolute atomic E-state index is 0.0957. The lowest BCUT2D eigenvalue weighted by atomic mass is 10.2. The van der Waals surface area contributed by atoms with E-state index >= 15 is 0 Å². The molecule has 2 aromatic rings. The average molecular weight is 361 g/mol. The second-order valence-corrected chi connectivity index (χ2v) is 7.46. The minimum atomic E-state index is -0.223. The van der Waals surface area contributed by atoms with Crippen molar-refractivity contribution in [2.45, 2.75) is 33.1 Å². The molecule has 0 bridgehead atoms. The van der Waals surface area contributed by atoms with Crippen molar-refractivity contribution in [3.05, 3.63) is 45.7 Å². The average Bonchev–Trinajstić information content (AvgIpc) is 2.82. The van der Waals surface area contributed by atoms with Gasteiger partial charge in [0.15, 0.2) is 0 Å².